The van der Waals surface area contributed by atoms with Gasteiger partial charge in [-0.3, -0.25) is 24.1 Å². The third kappa shape index (κ3) is 8.04. The van der Waals surface area contributed by atoms with Gasteiger partial charge in [0, 0.05) is 55.4 Å². The number of rotatable bonds is 14. The first-order valence-electron chi connectivity index (χ1n) is 22.8. The maximum atomic E-state index is 14.6. The summed E-state index contributed by atoms with van der Waals surface area (Å²) in [7, 11) is 4.14. The zero-order valence-corrected chi connectivity index (χ0v) is 39.6. The standard InChI is InChI=1S/C50H75ClN2O7/c1-31(2)42-37(55)27-50(40(59-32(3)54)30-53(26-25-52(11)12)29-33-15-13-14-16-36(33)51)24-23-48(9)35-17-18-38-46(6,7)39(60-41(56)28-45(4,5)44(57)58)20-21-47(38,8)34(35)19-22-49(48,10)43(42)50/h13-16,31,34-35,38-40H,17-30H2,1-12H3,(H,57,58)/t34-,35+,38-,39-,40?,47+,48-,49+,50?/m0/s1. The third-order valence-corrected chi connectivity index (χ3v) is 17.7. The number of benzene rings is 1. The zero-order chi connectivity index (χ0) is 44.4. The molecule has 0 heterocycles. The molecule has 1 N–H and O–H groups in total. The van der Waals surface area contributed by atoms with Crippen LogP contribution in [0.5, 0.6) is 0 Å². The van der Waals surface area contributed by atoms with Gasteiger partial charge in [0.25, 0.3) is 0 Å². The van der Waals surface area contributed by atoms with Gasteiger partial charge in [-0.1, -0.05) is 78.3 Å². The molecule has 1 aromatic rings. The fraction of sp³-hybridized carbons (Fsp3) is 0.760. The van der Waals surface area contributed by atoms with E-state index in [1.165, 1.54) is 12.5 Å². The molecule has 0 aliphatic heterocycles. The number of carboxylic acids is 1. The van der Waals surface area contributed by atoms with E-state index < -0.39 is 28.9 Å². The van der Waals surface area contributed by atoms with Gasteiger partial charge in [-0.05, 0) is 142 Å². The molecule has 0 spiro atoms. The molecular formula is C50H75ClN2O7. The number of esters is 2. The molecule has 9 nitrogen and oxygen atoms in total. The highest BCUT2D eigenvalue weighted by molar-refractivity contribution is 6.31. The topological polar surface area (TPSA) is 113 Å². The normalized spacial score (nSPS) is 34.2. The number of allylic oxidation sites excluding steroid dienone is 1. The van der Waals surface area contributed by atoms with Crippen LogP contribution in [0.25, 0.3) is 0 Å². The SMILES string of the molecule is CC(=O)OC(CN(CCN(C)C)Cc1ccccc1Cl)C12CC[C@@]3(C)[C@@H]4CC[C@H]5C(C)(C)[C@@H](OC(=O)CC(C)(C)C(=O)O)CC[C@]5(C)[C@H]4CC[C@]3(C)C1=C(C(C)C)C(=O)C2. The molecule has 0 radical (unpaired) electrons. The Morgan fingerprint density at radius 1 is 0.933 bits per heavy atom. The third-order valence-electron chi connectivity index (χ3n) is 17.4. The first-order valence-corrected chi connectivity index (χ1v) is 23.2. The smallest absolute Gasteiger partial charge is 0.309 e. The summed E-state index contributed by atoms with van der Waals surface area (Å²) in [5.41, 5.74) is 0.936. The molecule has 0 saturated heterocycles. The van der Waals surface area contributed by atoms with Gasteiger partial charge in [-0.25, -0.2) is 0 Å². The van der Waals surface area contributed by atoms with Crippen molar-refractivity contribution in [2.24, 2.45) is 56.2 Å². The highest BCUT2D eigenvalue weighted by Gasteiger charge is 2.71. The van der Waals surface area contributed by atoms with Crippen molar-refractivity contribution in [1.82, 2.24) is 9.80 Å². The molecule has 0 amide bonds. The molecular weight excluding hydrogens is 776 g/mol. The molecule has 4 saturated carbocycles. The summed E-state index contributed by atoms with van der Waals surface area (Å²) < 4.78 is 12.7. The van der Waals surface area contributed by atoms with Crippen molar-refractivity contribution in [3.63, 3.8) is 0 Å². The lowest BCUT2D eigenvalue weighted by Gasteiger charge is -2.71. The summed E-state index contributed by atoms with van der Waals surface area (Å²) in [5, 5.41) is 10.4. The number of ether oxygens (including phenoxy) is 2. The van der Waals surface area contributed by atoms with E-state index in [2.05, 4.69) is 78.4 Å². The Morgan fingerprint density at radius 2 is 1.62 bits per heavy atom. The van der Waals surface area contributed by atoms with Crippen LogP contribution in [-0.4, -0.2) is 84.5 Å². The number of hydrogen-bond donors (Lipinski definition) is 1. The molecule has 334 valence electrons. The molecule has 0 bridgehead atoms. The van der Waals surface area contributed by atoms with Crippen LogP contribution in [-0.2, 0) is 35.2 Å². The number of nitrogens with zero attached hydrogens (tertiary/aromatic N) is 2. The van der Waals surface area contributed by atoms with Crippen LogP contribution in [0.3, 0.4) is 0 Å². The van der Waals surface area contributed by atoms with Crippen LogP contribution in [0.2, 0.25) is 5.02 Å². The Kier molecular flexibility index (Phi) is 13.0. The number of fused-ring (bicyclic) bond motifs is 7. The number of carboxylic acid groups (broad SMARTS) is 1. The lowest BCUT2D eigenvalue weighted by atomic mass is 9.34. The monoisotopic (exact) mass is 851 g/mol. The van der Waals surface area contributed by atoms with E-state index in [1.54, 1.807) is 13.8 Å². The lowest BCUT2D eigenvalue weighted by molar-refractivity contribution is -0.217. The second kappa shape index (κ2) is 16.7. The van der Waals surface area contributed by atoms with Crippen molar-refractivity contribution in [2.45, 2.75) is 152 Å². The second-order valence-electron chi connectivity index (χ2n) is 22.3. The van der Waals surface area contributed by atoms with Crippen LogP contribution >= 0.6 is 11.6 Å². The van der Waals surface area contributed by atoms with E-state index in [1.807, 2.05) is 18.2 Å². The number of hydrogen-bond acceptors (Lipinski definition) is 8. The fourth-order valence-electron chi connectivity index (χ4n) is 14.0. The number of ketones is 1. The van der Waals surface area contributed by atoms with E-state index >= 15 is 0 Å². The Bertz CT molecular complexity index is 1870. The van der Waals surface area contributed by atoms with Crippen molar-refractivity contribution in [1.29, 1.82) is 0 Å². The van der Waals surface area contributed by atoms with Crippen LogP contribution < -0.4 is 0 Å². The zero-order valence-electron chi connectivity index (χ0n) is 38.8. The van der Waals surface area contributed by atoms with Gasteiger partial charge in [-0.15, -0.1) is 0 Å². The van der Waals surface area contributed by atoms with Crippen molar-refractivity contribution < 1.29 is 33.8 Å². The van der Waals surface area contributed by atoms with Gasteiger partial charge in [0.1, 0.15) is 12.2 Å². The van der Waals surface area contributed by atoms with Gasteiger partial charge in [0.15, 0.2) is 5.78 Å². The van der Waals surface area contributed by atoms with Gasteiger partial charge >= 0.3 is 17.9 Å². The number of likely N-dealkylation sites (N-methyl/N-ethyl adjacent to an activating group) is 1. The molecule has 2 unspecified atom stereocenters. The number of carbonyl (C=O) groups excluding carboxylic acids is 3. The van der Waals surface area contributed by atoms with E-state index in [4.69, 9.17) is 21.1 Å². The highest BCUT2D eigenvalue weighted by atomic mass is 35.5. The summed E-state index contributed by atoms with van der Waals surface area (Å²) in [5.74, 6) is -0.208. The molecule has 10 heteroatoms. The minimum atomic E-state index is -1.18. The fourth-order valence-corrected chi connectivity index (χ4v) is 14.2. The van der Waals surface area contributed by atoms with Gasteiger partial charge in [0.05, 0.1) is 11.8 Å². The Morgan fingerprint density at radius 3 is 2.23 bits per heavy atom. The predicted octanol–water partition coefficient (Wildman–Crippen LogP) is 10.0. The van der Waals surface area contributed by atoms with Crippen molar-refractivity contribution >= 4 is 35.3 Å². The van der Waals surface area contributed by atoms with Crippen LogP contribution in [0.1, 0.15) is 139 Å². The summed E-state index contributed by atoms with van der Waals surface area (Å²) >= 11 is 6.74. The Balaban J connectivity index is 1.34. The molecule has 5 aliphatic carbocycles. The summed E-state index contributed by atoms with van der Waals surface area (Å²) in [6, 6.07) is 7.95. The molecule has 9 atom stereocenters. The molecule has 4 fully saturated rings. The van der Waals surface area contributed by atoms with Crippen LogP contribution in [0.4, 0.5) is 0 Å². The second-order valence-corrected chi connectivity index (χ2v) is 22.7. The maximum absolute atomic E-state index is 14.6. The molecule has 5 aliphatic rings. The largest absolute Gasteiger partial charge is 0.481 e. The Hall–Kier alpha value is -2.75. The molecule has 6 rings (SSSR count). The predicted molar refractivity (Wildman–Crippen MR) is 236 cm³/mol. The summed E-state index contributed by atoms with van der Waals surface area (Å²) in [6.07, 6.45) is 7.05. The van der Waals surface area contributed by atoms with Crippen molar-refractivity contribution in [3.8, 4) is 0 Å². The van der Waals surface area contributed by atoms with Gasteiger partial charge < -0.3 is 19.5 Å². The number of Topliss-reactive ketones (excluding diaryl/α,β-unsaturated/α-hetero) is 1. The van der Waals surface area contributed by atoms with E-state index in [0.29, 0.717) is 42.3 Å². The molecule has 0 aromatic heterocycles. The van der Waals surface area contributed by atoms with Crippen LogP contribution in [0, 0.1) is 56.2 Å². The van der Waals surface area contributed by atoms with Crippen molar-refractivity contribution in [3.05, 3.63) is 46.0 Å². The van der Waals surface area contributed by atoms with Crippen molar-refractivity contribution in [2.75, 3.05) is 33.7 Å². The first-order chi connectivity index (χ1) is 27.8. The van der Waals surface area contributed by atoms with E-state index in [-0.39, 0.29) is 51.9 Å². The molecule has 1 aromatic carbocycles. The maximum Gasteiger partial charge on any atom is 0.309 e. The quantitative estimate of drug-likeness (QED) is 0.183. The average molecular weight is 852 g/mol. The lowest BCUT2D eigenvalue weighted by Crippen LogP contribution is -2.65. The van der Waals surface area contributed by atoms with E-state index in [9.17, 15) is 24.3 Å². The minimum absolute atomic E-state index is 0.0429. The highest BCUT2D eigenvalue weighted by Crippen LogP contribution is 2.77. The number of halogens is 1. The summed E-state index contributed by atoms with van der Waals surface area (Å²) in [6.45, 7) is 23.8. The van der Waals surface area contributed by atoms with E-state index in [0.717, 1.165) is 75.6 Å². The first kappa shape index (κ1) is 46.7. The molecule has 60 heavy (non-hydrogen) atoms. The van der Waals surface area contributed by atoms with Gasteiger partial charge in [0.2, 0.25) is 0 Å². The minimum Gasteiger partial charge on any atom is -0.481 e. The van der Waals surface area contributed by atoms with Gasteiger partial charge in [-0.2, -0.15) is 0 Å². The summed E-state index contributed by atoms with van der Waals surface area (Å²) in [4.78, 5) is 57.4. The number of aliphatic carboxylic acids is 1. The number of carbonyl (C=O) groups is 4. The average Bonchev–Trinajstić information content (AvgIpc) is 3.47. The Labute approximate surface area is 365 Å². The van der Waals surface area contributed by atoms with Crippen LogP contribution in [0.15, 0.2) is 35.4 Å².